The fourth-order valence-electron chi connectivity index (χ4n) is 6.47. The summed E-state index contributed by atoms with van der Waals surface area (Å²) in [5.74, 6) is 0.830. The van der Waals surface area contributed by atoms with Crippen LogP contribution in [0.3, 0.4) is 0 Å². The van der Waals surface area contributed by atoms with Gasteiger partial charge in [0.05, 0.1) is 13.2 Å². The Morgan fingerprint density at radius 1 is 1.07 bits per heavy atom. The summed E-state index contributed by atoms with van der Waals surface area (Å²) in [6.45, 7) is 8.59. The van der Waals surface area contributed by atoms with Gasteiger partial charge in [0.15, 0.2) is 6.29 Å². The van der Waals surface area contributed by atoms with Gasteiger partial charge in [-0.2, -0.15) is 0 Å². The quantitative estimate of drug-likeness (QED) is 0.183. The number of carbonyl (C=O) groups excluding carboxylic acids is 1. The average molecular weight is 415 g/mol. The molecule has 0 radical (unpaired) electrons. The lowest BCUT2D eigenvalue weighted by Gasteiger charge is -2.62. The van der Waals surface area contributed by atoms with Crippen molar-refractivity contribution in [1.29, 1.82) is 0 Å². The zero-order valence-electron chi connectivity index (χ0n) is 17.9. The normalized spacial score (nSPS) is 33.8. The summed E-state index contributed by atoms with van der Waals surface area (Å²) < 4.78 is 43.3. The Labute approximate surface area is 173 Å². The summed E-state index contributed by atoms with van der Waals surface area (Å²) in [4.78, 5) is 11.3. The molecule has 3 unspecified atom stereocenters. The van der Waals surface area contributed by atoms with Crippen molar-refractivity contribution >= 4 is 5.97 Å². The molecule has 4 bridgehead atoms. The highest BCUT2D eigenvalue weighted by atomic mass is 19.3. The molecule has 0 heterocycles. The average Bonchev–Trinajstić information content (AvgIpc) is 2.60. The van der Waals surface area contributed by atoms with Crippen LogP contribution in [0.4, 0.5) is 8.78 Å². The van der Waals surface area contributed by atoms with Gasteiger partial charge in [-0.25, -0.2) is 13.6 Å². The van der Waals surface area contributed by atoms with Gasteiger partial charge in [0.1, 0.15) is 0 Å². The summed E-state index contributed by atoms with van der Waals surface area (Å²) in [6, 6.07) is 0. The van der Waals surface area contributed by atoms with Crippen molar-refractivity contribution in [1.82, 2.24) is 0 Å². The molecular weight excluding hydrogens is 378 g/mol. The van der Waals surface area contributed by atoms with Gasteiger partial charge in [0, 0.05) is 18.6 Å². The van der Waals surface area contributed by atoms with E-state index < -0.39 is 6.43 Å². The van der Waals surface area contributed by atoms with Crippen LogP contribution in [-0.4, -0.2) is 38.5 Å². The molecule has 4 fully saturated rings. The number of unbranched alkanes of at least 4 members (excludes halogenated alkanes) is 1. The molecule has 0 aromatic heterocycles. The van der Waals surface area contributed by atoms with Gasteiger partial charge in [0.25, 0.3) is 0 Å². The number of esters is 1. The molecule has 29 heavy (non-hydrogen) atoms. The molecule has 0 amide bonds. The van der Waals surface area contributed by atoms with E-state index in [9.17, 15) is 13.6 Å². The van der Waals surface area contributed by atoms with Crippen LogP contribution in [0.2, 0.25) is 0 Å². The fourth-order valence-corrected chi connectivity index (χ4v) is 6.47. The fraction of sp³-hybridized carbons (Fsp3) is 0.870. The largest absolute Gasteiger partial charge is 0.462 e. The molecule has 166 valence electrons. The second-order valence-corrected chi connectivity index (χ2v) is 9.93. The van der Waals surface area contributed by atoms with Crippen molar-refractivity contribution < 1.29 is 27.8 Å². The second-order valence-electron chi connectivity index (χ2n) is 9.93. The monoisotopic (exact) mass is 414 g/mol. The minimum Gasteiger partial charge on any atom is -0.462 e. The lowest BCUT2D eigenvalue weighted by molar-refractivity contribution is -0.197. The summed E-state index contributed by atoms with van der Waals surface area (Å²) in [6.07, 6.45) is 5.36. The van der Waals surface area contributed by atoms with Crippen LogP contribution < -0.4 is 0 Å². The van der Waals surface area contributed by atoms with Crippen LogP contribution in [0.5, 0.6) is 0 Å². The number of carbonyl (C=O) groups is 1. The Morgan fingerprint density at radius 2 is 1.69 bits per heavy atom. The molecular formula is C23H36F2O4. The minimum absolute atomic E-state index is 0.0593. The van der Waals surface area contributed by atoms with Gasteiger partial charge in [-0.05, 0) is 87.9 Å². The van der Waals surface area contributed by atoms with E-state index in [2.05, 4.69) is 6.58 Å². The topological polar surface area (TPSA) is 44.8 Å². The Morgan fingerprint density at radius 3 is 2.31 bits per heavy atom. The third kappa shape index (κ3) is 6.00. The first kappa shape index (κ1) is 22.7. The van der Waals surface area contributed by atoms with Crippen molar-refractivity contribution in [3.63, 3.8) is 0 Å². The van der Waals surface area contributed by atoms with Crippen LogP contribution in [0.1, 0.15) is 71.6 Å². The van der Waals surface area contributed by atoms with Crippen molar-refractivity contribution in [2.75, 3.05) is 19.8 Å². The second kappa shape index (κ2) is 9.42. The van der Waals surface area contributed by atoms with E-state index in [1.54, 1.807) is 6.92 Å². The Kier molecular flexibility index (Phi) is 7.36. The van der Waals surface area contributed by atoms with Gasteiger partial charge in [-0.3, -0.25) is 0 Å². The molecule has 4 aliphatic carbocycles. The first-order valence-corrected chi connectivity index (χ1v) is 11.0. The summed E-state index contributed by atoms with van der Waals surface area (Å²) in [5.41, 5.74) is 0.309. The maximum absolute atomic E-state index is 13.2. The van der Waals surface area contributed by atoms with Gasteiger partial charge in [-0.15, -0.1) is 0 Å². The Bertz CT molecular complexity index is 572. The van der Waals surface area contributed by atoms with E-state index in [1.165, 1.54) is 6.42 Å². The molecule has 0 aromatic rings. The van der Waals surface area contributed by atoms with E-state index in [0.29, 0.717) is 37.2 Å². The number of hydrogen-bond donors (Lipinski definition) is 0. The molecule has 0 spiro atoms. The van der Waals surface area contributed by atoms with Crippen molar-refractivity contribution in [2.24, 2.45) is 22.7 Å². The SMILES string of the molecule is C=C(C)C(=O)OCCCCOC(C)OCC12CC3CC(C1)CC(CC(F)F)(C3)C2. The summed E-state index contributed by atoms with van der Waals surface area (Å²) >= 11 is 0. The third-order valence-electron chi connectivity index (χ3n) is 6.99. The molecule has 6 heteroatoms. The molecule has 0 aliphatic heterocycles. The smallest absolute Gasteiger partial charge is 0.333 e. The lowest BCUT2D eigenvalue weighted by Crippen LogP contribution is -2.54. The summed E-state index contributed by atoms with van der Waals surface area (Å²) in [7, 11) is 0. The summed E-state index contributed by atoms with van der Waals surface area (Å²) in [5, 5.41) is 0. The number of rotatable bonds is 12. The first-order valence-electron chi connectivity index (χ1n) is 11.0. The van der Waals surface area contributed by atoms with Crippen molar-refractivity contribution in [3.05, 3.63) is 12.2 Å². The van der Waals surface area contributed by atoms with Crippen LogP contribution in [-0.2, 0) is 19.0 Å². The molecule has 0 aromatic carbocycles. The maximum atomic E-state index is 13.2. The zero-order valence-corrected chi connectivity index (χ0v) is 17.9. The van der Waals surface area contributed by atoms with Crippen LogP contribution in [0.15, 0.2) is 12.2 Å². The molecule has 3 atom stereocenters. The van der Waals surface area contributed by atoms with Crippen LogP contribution in [0, 0.1) is 22.7 Å². The van der Waals surface area contributed by atoms with E-state index >= 15 is 0 Å². The number of halogens is 2. The minimum atomic E-state index is -2.21. The first-order chi connectivity index (χ1) is 13.7. The maximum Gasteiger partial charge on any atom is 0.333 e. The van der Waals surface area contributed by atoms with Crippen molar-refractivity contribution in [3.8, 4) is 0 Å². The van der Waals surface area contributed by atoms with E-state index in [4.69, 9.17) is 14.2 Å². The van der Waals surface area contributed by atoms with Gasteiger partial charge >= 0.3 is 5.97 Å². The van der Waals surface area contributed by atoms with E-state index in [0.717, 1.165) is 44.9 Å². The van der Waals surface area contributed by atoms with Gasteiger partial charge < -0.3 is 14.2 Å². The highest BCUT2D eigenvalue weighted by Gasteiger charge is 2.58. The van der Waals surface area contributed by atoms with E-state index in [-0.39, 0.29) is 29.5 Å². The lowest BCUT2D eigenvalue weighted by atomic mass is 9.43. The number of alkyl halides is 2. The van der Waals surface area contributed by atoms with Crippen molar-refractivity contribution in [2.45, 2.75) is 84.4 Å². The molecule has 0 saturated heterocycles. The standard InChI is InChI=1S/C23H36F2O4/c1-16(2)21(26)28-7-5-4-6-27-17(3)29-15-23-11-18-8-19(12-23)10-22(9-18,14-23)13-20(24)25/h17-20H,1,4-15H2,2-3H3. The van der Waals surface area contributed by atoms with Crippen LogP contribution >= 0.6 is 0 Å². The predicted molar refractivity (Wildman–Crippen MR) is 107 cm³/mol. The number of hydrogen-bond acceptors (Lipinski definition) is 4. The Hall–Kier alpha value is -1.01. The van der Waals surface area contributed by atoms with Gasteiger partial charge in [-0.1, -0.05) is 6.58 Å². The molecule has 0 N–H and O–H groups in total. The highest BCUT2D eigenvalue weighted by molar-refractivity contribution is 5.86. The van der Waals surface area contributed by atoms with Gasteiger partial charge in [0.2, 0.25) is 6.43 Å². The zero-order chi connectivity index (χ0) is 21.1. The molecule has 4 aliphatic rings. The molecule has 4 saturated carbocycles. The number of ether oxygens (including phenoxy) is 3. The highest BCUT2D eigenvalue weighted by Crippen LogP contribution is 2.66. The third-order valence-corrected chi connectivity index (χ3v) is 6.99. The predicted octanol–water partition coefficient (Wildman–Crippen LogP) is 5.51. The molecule has 4 rings (SSSR count). The van der Waals surface area contributed by atoms with Crippen LogP contribution in [0.25, 0.3) is 0 Å². The Balaban J connectivity index is 1.37. The molecule has 4 nitrogen and oxygen atoms in total. The van der Waals surface area contributed by atoms with E-state index in [1.807, 2.05) is 6.92 Å².